The summed E-state index contributed by atoms with van der Waals surface area (Å²) in [4.78, 5) is 6.72. The number of hydrogen-bond donors (Lipinski definition) is 1. The summed E-state index contributed by atoms with van der Waals surface area (Å²) in [5.74, 6) is -0.242. The van der Waals surface area contributed by atoms with Gasteiger partial charge < -0.3 is 10.0 Å². The van der Waals surface area contributed by atoms with E-state index in [4.69, 9.17) is 0 Å². The van der Waals surface area contributed by atoms with Gasteiger partial charge in [0.15, 0.2) is 5.13 Å². The van der Waals surface area contributed by atoms with Gasteiger partial charge >= 0.3 is 0 Å². The lowest BCUT2D eigenvalue weighted by Gasteiger charge is -2.37. The first-order valence-electron chi connectivity index (χ1n) is 7.49. The fraction of sp³-hybridized carbons (Fsp3) is 0.400. The summed E-state index contributed by atoms with van der Waals surface area (Å²) in [5, 5.41) is 19.3. The van der Waals surface area contributed by atoms with Gasteiger partial charge in [0.2, 0.25) is 0 Å². The van der Waals surface area contributed by atoms with Crippen molar-refractivity contribution in [2.75, 3.05) is 18.0 Å². The summed E-state index contributed by atoms with van der Waals surface area (Å²) in [7, 11) is 0. The molecule has 0 spiro atoms. The molecule has 1 fully saturated rings. The minimum Gasteiger partial charge on any atom is -0.388 e. The highest BCUT2D eigenvalue weighted by Gasteiger charge is 2.33. The molecule has 3 aromatic rings. The van der Waals surface area contributed by atoms with Gasteiger partial charge in [0.05, 0.1) is 28.6 Å². The second-order valence-corrected chi connectivity index (χ2v) is 6.93. The van der Waals surface area contributed by atoms with Gasteiger partial charge in [-0.15, -0.1) is 5.10 Å². The Balaban J connectivity index is 1.47. The van der Waals surface area contributed by atoms with Gasteiger partial charge in [-0.3, -0.25) is 0 Å². The summed E-state index contributed by atoms with van der Waals surface area (Å²) in [5.41, 5.74) is 0.0438. The van der Waals surface area contributed by atoms with Crippen LogP contribution in [0.25, 0.3) is 10.2 Å². The Bertz CT molecular complexity index is 811. The van der Waals surface area contributed by atoms with Gasteiger partial charge in [-0.25, -0.2) is 14.1 Å². The Kier molecular flexibility index (Phi) is 3.50. The molecule has 23 heavy (non-hydrogen) atoms. The highest BCUT2D eigenvalue weighted by atomic mass is 32.1. The molecule has 4 rings (SSSR count). The van der Waals surface area contributed by atoms with E-state index in [0.29, 0.717) is 32.5 Å². The van der Waals surface area contributed by atoms with E-state index in [9.17, 15) is 9.50 Å². The molecule has 1 saturated heterocycles. The van der Waals surface area contributed by atoms with Gasteiger partial charge in [0.25, 0.3) is 0 Å². The fourth-order valence-corrected chi connectivity index (χ4v) is 3.95. The molecule has 2 aromatic heterocycles. The zero-order chi connectivity index (χ0) is 15.9. The van der Waals surface area contributed by atoms with Crippen molar-refractivity contribution in [2.45, 2.75) is 25.0 Å². The Morgan fingerprint density at radius 2 is 2.13 bits per heavy atom. The molecule has 8 heteroatoms. The third kappa shape index (κ3) is 2.91. The lowest BCUT2D eigenvalue weighted by molar-refractivity contribution is -0.00345. The molecule has 0 atom stereocenters. The molecule has 0 saturated carbocycles. The number of halogens is 1. The molecular formula is C15H16FN5OS. The van der Waals surface area contributed by atoms with Crippen LogP contribution in [0.15, 0.2) is 30.6 Å². The standard InChI is InChI=1S/C15H16FN5OS/c16-11-1-2-12-13(9-11)23-14(18-12)20-6-3-15(22,4-7-20)10-21-8-5-17-19-21/h1-2,5,8-9,22H,3-4,6-7,10H2. The van der Waals surface area contributed by atoms with Crippen LogP contribution in [0.4, 0.5) is 9.52 Å². The van der Waals surface area contributed by atoms with E-state index in [1.54, 1.807) is 23.1 Å². The minimum absolute atomic E-state index is 0.242. The molecule has 1 aromatic carbocycles. The molecule has 1 aliphatic rings. The normalized spacial score (nSPS) is 17.7. The second kappa shape index (κ2) is 5.54. The van der Waals surface area contributed by atoms with Gasteiger partial charge in [-0.2, -0.15) is 0 Å². The van der Waals surface area contributed by atoms with Crippen molar-refractivity contribution in [3.05, 3.63) is 36.4 Å². The number of benzene rings is 1. The minimum atomic E-state index is -0.771. The highest BCUT2D eigenvalue weighted by Crippen LogP contribution is 2.33. The summed E-state index contributed by atoms with van der Waals surface area (Å²) in [6, 6.07) is 4.65. The van der Waals surface area contributed by atoms with Gasteiger partial charge in [0, 0.05) is 19.3 Å². The monoisotopic (exact) mass is 333 g/mol. The smallest absolute Gasteiger partial charge is 0.186 e. The second-order valence-electron chi connectivity index (χ2n) is 5.92. The molecule has 0 bridgehead atoms. The molecule has 3 heterocycles. The number of hydrogen-bond acceptors (Lipinski definition) is 6. The van der Waals surface area contributed by atoms with Crippen LogP contribution in [0.2, 0.25) is 0 Å². The molecule has 0 amide bonds. The maximum atomic E-state index is 13.3. The predicted molar refractivity (Wildman–Crippen MR) is 86.0 cm³/mol. The van der Waals surface area contributed by atoms with Crippen molar-refractivity contribution < 1.29 is 9.50 Å². The molecule has 0 radical (unpaired) electrons. The number of nitrogens with zero attached hydrogens (tertiary/aromatic N) is 5. The van der Waals surface area contributed by atoms with E-state index in [1.165, 1.54) is 23.5 Å². The first kappa shape index (κ1) is 14.5. The third-order valence-electron chi connectivity index (χ3n) is 4.23. The van der Waals surface area contributed by atoms with E-state index in [-0.39, 0.29) is 5.82 Å². The molecule has 1 N–H and O–H groups in total. The van der Waals surface area contributed by atoms with E-state index < -0.39 is 5.60 Å². The Labute approximate surface area is 136 Å². The van der Waals surface area contributed by atoms with Crippen molar-refractivity contribution in [3.8, 4) is 0 Å². The fourth-order valence-electron chi connectivity index (χ4n) is 2.91. The third-order valence-corrected chi connectivity index (χ3v) is 5.31. The summed E-state index contributed by atoms with van der Waals surface area (Å²) in [6.07, 6.45) is 4.64. The molecule has 0 aliphatic carbocycles. The van der Waals surface area contributed by atoms with Crippen molar-refractivity contribution in [3.63, 3.8) is 0 Å². The van der Waals surface area contributed by atoms with Gasteiger partial charge in [0.1, 0.15) is 5.82 Å². The molecule has 6 nitrogen and oxygen atoms in total. The first-order chi connectivity index (χ1) is 11.1. The number of anilines is 1. The highest BCUT2D eigenvalue weighted by molar-refractivity contribution is 7.22. The van der Waals surface area contributed by atoms with Crippen molar-refractivity contribution in [1.29, 1.82) is 0 Å². The largest absolute Gasteiger partial charge is 0.388 e. The van der Waals surface area contributed by atoms with Crippen molar-refractivity contribution in [2.24, 2.45) is 0 Å². The zero-order valence-corrected chi connectivity index (χ0v) is 13.2. The average molecular weight is 333 g/mol. The summed E-state index contributed by atoms with van der Waals surface area (Å²) < 4.78 is 15.8. The van der Waals surface area contributed by atoms with E-state index in [0.717, 1.165) is 15.3 Å². The number of thiazole rings is 1. The number of piperidine rings is 1. The SMILES string of the molecule is OC1(Cn2ccnn2)CCN(c2nc3ccc(F)cc3s2)CC1. The Morgan fingerprint density at radius 1 is 1.30 bits per heavy atom. The van der Waals surface area contributed by atoms with Crippen LogP contribution in [0.5, 0.6) is 0 Å². The molecule has 1 aliphatic heterocycles. The average Bonchev–Trinajstić information content (AvgIpc) is 3.16. The van der Waals surface area contributed by atoms with Gasteiger partial charge in [-0.05, 0) is 31.0 Å². The zero-order valence-electron chi connectivity index (χ0n) is 12.4. The van der Waals surface area contributed by atoms with Crippen LogP contribution in [0.1, 0.15) is 12.8 Å². The predicted octanol–water partition coefficient (Wildman–Crippen LogP) is 2.06. The first-order valence-corrected chi connectivity index (χ1v) is 8.31. The van der Waals surface area contributed by atoms with Crippen LogP contribution in [0, 0.1) is 5.82 Å². The Morgan fingerprint density at radius 3 is 2.87 bits per heavy atom. The topological polar surface area (TPSA) is 67.1 Å². The summed E-state index contributed by atoms with van der Waals surface area (Å²) >= 11 is 1.49. The van der Waals surface area contributed by atoms with E-state index >= 15 is 0 Å². The quantitative estimate of drug-likeness (QED) is 0.795. The lowest BCUT2D eigenvalue weighted by Crippen LogP contribution is -2.47. The summed E-state index contributed by atoms with van der Waals surface area (Å²) in [6.45, 7) is 1.88. The van der Waals surface area contributed by atoms with Crippen LogP contribution in [0.3, 0.4) is 0 Å². The molecule has 0 unspecified atom stereocenters. The van der Waals surface area contributed by atoms with Crippen LogP contribution in [-0.4, -0.2) is 43.8 Å². The number of aromatic nitrogens is 4. The van der Waals surface area contributed by atoms with Crippen LogP contribution >= 0.6 is 11.3 Å². The van der Waals surface area contributed by atoms with E-state index in [1.807, 2.05) is 0 Å². The molecule has 120 valence electrons. The maximum absolute atomic E-state index is 13.3. The maximum Gasteiger partial charge on any atom is 0.186 e. The van der Waals surface area contributed by atoms with Crippen molar-refractivity contribution >= 4 is 26.7 Å². The van der Waals surface area contributed by atoms with Crippen LogP contribution < -0.4 is 4.90 Å². The lowest BCUT2D eigenvalue weighted by atomic mass is 9.91. The van der Waals surface area contributed by atoms with Crippen LogP contribution in [-0.2, 0) is 6.54 Å². The molecular weight excluding hydrogens is 317 g/mol. The van der Waals surface area contributed by atoms with Gasteiger partial charge in [-0.1, -0.05) is 16.6 Å². The van der Waals surface area contributed by atoms with Crippen molar-refractivity contribution in [1.82, 2.24) is 20.0 Å². The van der Waals surface area contributed by atoms with E-state index in [2.05, 4.69) is 20.2 Å². The number of fused-ring (bicyclic) bond motifs is 1. The number of rotatable bonds is 3. The Hall–Kier alpha value is -2.06. The number of aliphatic hydroxyl groups is 1.